The Kier molecular flexibility index (Phi) is 9.46. The second-order valence-electron chi connectivity index (χ2n) is 14.1. The molecule has 1 N–H and O–H groups in total. The average Bonchev–Trinajstić information content (AvgIpc) is 3.56. The van der Waals surface area contributed by atoms with Crippen LogP contribution in [0.15, 0.2) is 56.4 Å². The number of allylic oxidation sites excluding steroid dienone is 2. The van der Waals surface area contributed by atoms with Crippen LogP contribution >= 0.6 is 23.2 Å². The van der Waals surface area contributed by atoms with Crippen molar-refractivity contribution >= 4 is 51.7 Å². The number of rotatable bonds is 8. The summed E-state index contributed by atoms with van der Waals surface area (Å²) in [5.41, 5.74) is -4.00. The van der Waals surface area contributed by atoms with Crippen LogP contribution in [0.2, 0.25) is 0 Å². The zero-order valence-electron chi connectivity index (χ0n) is 31.5. The Labute approximate surface area is 342 Å². The highest BCUT2D eigenvalue weighted by Crippen LogP contribution is 2.65. The number of aromatic hydroxyl groups is 1. The Bertz CT molecular complexity index is 2940. The van der Waals surface area contributed by atoms with Crippen molar-refractivity contribution in [2.75, 3.05) is 26.2 Å². The molecule has 15 nitrogen and oxygen atoms in total. The number of carbonyl (C=O) groups is 2. The van der Waals surface area contributed by atoms with E-state index in [4.69, 9.17) is 37.4 Å². The summed E-state index contributed by atoms with van der Waals surface area (Å²) in [4.78, 5) is 69.1. The lowest BCUT2D eigenvalue weighted by molar-refractivity contribution is -0.122. The Morgan fingerprint density at radius 1 is 0.850 bits per heavy atom. The van der Waals surface area contributed by atoms with E-state index in [0.29, 0.717) is 22.5 Å². The van der Waals surface area contributed by atoms with Gasteiger partial charge in [-0.05, 0) is 17.7 Å². The topological polar surface area (TPSA) is 169 Å². The lowest BCUT2D eigenvalue weighted by atomic mass is 9.64. The SMILES string of the molecule is COc1cc2nc(CCn3c(=O)n4n(c3=O)[C@@H]3C[C@@]5(Cl)C(=O)N(c6c(F)c(F)c(F)c(F)c6F)C(=O)[C@@]5(Cl)[C@@H](c5c(O)cccc5OC)C3=CC4)c(=O)n(C)c2cc1OC. The molecule has 2 amide bonds. The summed E-state index contributed by atoms with van der Waals surface area (Å²) in [6.07, 6.45) is 0.259. The number of carbonyl (C=O) groups excluding carboxylic acids is 2. The molecule has 2 aliphatic heterocycles. The van der Waals surface area contributed by atoms with Gasteiger partial charge in [-0.1, -0.05) is 12.1 Å². The molecule has 0 bridgehead atoms. The monoisotopic (exact) mass is 878 g/mol. The molecule has 5 aromatic rings. The van der Waals surface area contributed by atoms with E-state index in [1.165, 1.54) is 51.2 Å². The number of aromatic nitrogens is 5. The third-order valence-electron chi connectivity index (χ3n) is 11.3. The van der Waals surface area contributed by atoms with Gasteiger partial charge in [0.15, 0.2) is 44.5 Å². The van der Waals surface area contributed by atoms with Gasteiger partial charge in [0.25, 0.3) is 17.4 Å². The quantitative estimate of drug-likeness (QED) is 0.0603. The second-order valence-corrected chi connectivity index (χ2v) is 15.4. The number of methoxy groups -OCH3 is 3. The number of phenolic OH excluding ortho intramolecular Hbond substituents is 1. The zero-order chi connectivity index (χ0) is 43.5. The minimum absolute atomic E-state index is 0.00447. The number of fused-ring (bicyclic) bond motifs is 5. The van der Waals surface area contributed by atoms with E-state index in [0.717, 1.165) is 20.0 Å². The number of nitrogens with zero attached hydrogens (tertiary/aromatic N) is 6. The molecule has 4 atom stereocenters. The molecule has 2 fully saturated rings. The number of ether oxygens (including phenoxy) is 3. The zero-order valence-corrected chi connectivity index (χ0v) is 33.0. The predicted molar refractivity (Wildman–Crippen MR) is 202 cm³/mol. The third kappa shape index (κ3) is 5.25. The van der Waals surface area contributed by atoms with Crippen molar-refractivity contribution in [2.45, 2.75) is 47.6 Å². The molecule has 1 saturated heterocycles. The number of aryl methyl sites for hydroxylation is 2. The van der Waals surface area contributed by atoms with Crippen LogP contribution in [0, 0.1) is 29.1 Å². The first-order valence-corrected chi connectivity index (χ1v) is 18.5. The highest BCUT2D eigenvalue weighted by molar-refractivity contribution is 6.58. The molecular formula is C38H29Cl2F5N6O9. The number of phenols is 1. The van der Waals surface area contributed by atoms with Crippen molar-refractivity contribution in [1.29, 1.82) is 0 Å². The summed E-state index contributed by atoms with van der Waals surface area (Å²) in [6.45, 7) is -0.788. The molecule has 0 spiro atoms. The van der Waals surface area contributed by atoms with Gasteiger partial charge in [0.1, 0.15) is 22.9 Å². The average molecular weight is 880 g/mol. The maximum atomic E-state index is 15.4. The number of halogens is 7. The highest BCUT2D eigenvalue weighted by atomic mass is 35.5. The number of alkyl halides is 2. The van der Waals surface area contributed by atoms with Crippen LogP contribution in [0.3, 0.4) is 0 Å². The summed E-state index contributed by atoms with van der Waals surface area (Å²) in [7, 11) is 5.51. The first-order valence-electron chi connectivity index (χ1n) is 17.8. The molecule has 0 unspecified atom stereocenters. The van der Waals surface area contributed by atoms with Crippen molar-refractivity contribution in [2.24, 2.45) is 7.05 Å². The van der Waals surface area contributed by atoms with Gasteiger partial charge in [-0.3, -0.25) is 14.4 Å². The molecule has 1 aliphatic carbocycles. The van der Waals surface area contributed by atoms with E-state index in [1.807, 2.05) is 0 Å². The molecule has 1 saturated carbocycles. The maximum Gasteiger partial charge on any atom is 0.347 e. The Hall–Kier alpha value is -6.15. The van der Waals surface area contributed by atoms with Crippen molar-refractivity contribution in [1.82, 2.24) is 23.5 Å². The smallest absolute Gasteiger partial charge is 0.347 e. The molecule has 22 heteroatoms. The van der Waals surface area contributed by atoms with Crippen LogP contribution in [0.4, 0.5) is 27.6 Å². The Balaban J connectivity index is 1.27. The number of imide groups is 1. The van der Waals surface area contributed by atoms with E-state index >= 15 is 8.78 Å². The van der Waals surface area contributed by atoms with E-state index in [-0.39, 0.29) is 40.4 Å². The summed E-state index contributed by atoms with van der Waals surface area (Å²) < 4.78 is 94.1. The van der Waals surface area contributed by atoms with E-state index in [2.05, 4.69) is 4.98 Å². The second kappa shape index (κ2) is 14.0. The molecule has 60 heavy (non-hydrogen) atoms. The summed E-state index contributed by atoms with van der Waals surface area (Å²) in [5, 5.41) is 11.3. The fraction of sp³-hybridized carbons (Fsp3) is 0.316. The molecule has 0 radical (unpaired) electrons. The van der Waals surface area contributed by atoms with Crippen LogP contribution in [0.5, 0.6) is 23.0 Å². The number of anilines is 1. The van der Waals surface area contributed by atoms with Gasteiger partial charge < -0.3 is 23.9 Å². The van der Waals surface area contributed by atoms with Gasteiger partial charge in [-0.15, -0.1) is 23.2 Å². The van der Waals surface area contributed by atoms with Crippen LogP contribution in [-0.2, 0) is 36.1 Å². The number of amides is 2. The van der Waals surface area contributed by atoms with Gasteiger partial charge in [-0.25, -0.2) is 55.4 Å². The van der Waals surface area contributed by atoms with Crippen LogP contribution in [0.25, 0.3) is 11.0 Å². The predicted octanol–water partition coefficient (Wildman–Crippen LogP) is 3.93. The van der Waals surface area contributed by atoms with Gasteiger partial charge in [0.05, 0.1) is 44.9 Å². The molecule has 4 heterocycles. The maximum absolute atomic E-state index is 15.4. The van der Waals surface area contributed by atoms with Gasteiger partial charge in [0, 0.05) is 50.0 Å². The van der Waals surface area contributed by atoms with Gasteiger partial charge >= 0.3 is 11.4 Å². The molecule has 2 aromatic heterocycles. The molecule has 8 rings (SSSR count). The summed E-state index contributed by atoms with van der Waals surface area (Å²) in [6, 6.07) is 5.45. The first kappa shape index (κ1) is 40.6. The largest absolute Gasteiger partial charge is 0.508 e. The third-order valence-corrected chi connectivity index (χ3v) is 12.8. The van der Waals surface area contributed by atoms with Crippen molar-refractivity contribution < 1.29 is 50.9 Å². The normalized spacial score (nSPS) is 22.1. The lowest BCUT2D eigenvalue weighted by Crippen LogP contribution is -2.59. The summed E-state index contributed by atoms with van der Waals surface area (Å²) >= 11 is 14.3. The lowest BCUT2D eigenvalue weighted by Gasteiger charge is -2.49. The Morgan fingerprint density at radius 2 is 1.47 bits per heavy atom. The molecule has 3 aromatic carbocycles. The van der Waals surface area contributed by atoms with Crippen molar-refractivity contribution in [3.8, 4) is 23.0 Å². The van der Waals surface area contributed by atoms with E-state index < -0.39 is 104 Å². The fourth-order valence-electron chi connectivity index (χ4n) is 8.48. The molecule has 3 aliphatic rings. The minimum Gasteiger partial charge on any atom is -0.508 e. The van der Waals surface area contributed by atoms with Gasteiger partial charge in [0.2, 0.25) is 5.82 Å². The number of hydrogen-bond acceptors (Lipinski definition) is 10. The van der Waals surface area contributed by atoms with Crippen LogP contribution < -0.4 is 36.0 Å². The molecular weight excluding hydrogens is 850 g/mol. The van der Waals surface area contributed by atoms with Crippen LogP contribution in [0.1, 0.15) is 29.6 Å². The van der Waals surface area contributed by atoms with Crippen molar-refractivity contribution in [3.05, 3.63) is 114 Å². The first-order chi connectivity index (χ1) is 28.4. The minimum atomic E-state index is -2.91. The van der Waals surface area contributed by atoms with E-state index in [1.54, 1.807) is 12.1 Å². The number of hydrogen-bond donors (Lipinski definition) is 1. The number of benzene rings is 3. The van der Waals surface area contributed by atoms with Crippen LogP contribution in [-0.4, -0.2) is 71.5 Å². The molecule has 314 valence electrons. The van der Waals surface area contributed by atoms with Gasteiger partial charge in [-0.2, -0.15) is 0 Å². The fourth-order valence-corrected chi connectivity index (χ4v) is 9.37. The Morgan fingerprint density at radius 3 is 2.10 bits per heavy atom. The summed E-state index contributed by atoms with van der Waals surface area (Å²) in [5.74, 6) is -18.0. The van der Waals surface area contributed by atoms with E-state index in [9.17, 15) is 42.3 Å². The standard InChI is InChI=1S/C38H29Cl2F5N6O9/c1-47-18-13-23(60-4)22(59-3)12-17(18)46-16(32(47)53)9-10-48-35(56)49-11-8-15-19(51(49)36(48)57)14-37(39)33(54)50(31-29(44)27(42)26(41)28(43)30(31)45)34(55)38(37,40)25(15)24-20(52)6-5-7-21(24)58-2/h5-8,12-13,19,25,52H,9-11,14H2,1-4H3/t19-,25-,37-,38+/m1/s1. The highest BCUT2D eigenvalue weighted by Gasteiger charge is 2.76. The van der Waals surface area contributed by atoms with Crippen molar-refractivity contribution in [3.63, 3.8) is 0 Å².